The molecule has 1 aromatic carbocycles. The lowest BCUT2D eigenvalue weighted by atomic mass is 10.1. The molecule has 23 heavy (non-hydrogen) atoms. The van der Waals surface area contributed by atoms with Crippen LogP contribution in [0.25, 0.3) is 0 Å². The number of nitrogens with one attached hydrogen (secondary N) is 1. The van der Waals surface area contributed by atoms with Gasteiger partial charge in [-0.3, -0.25) is 9.59 Å². The molecule has 0 aliphatic carbocycles. The number of rotatable bonds is 6. The van der Waals surface area contributed by atoms with Crippen molar-refractivity contribution in [3.05, 3.63) is 57.8 Å². The van der Waals surface area contributed by atoms with Crippen LogP contribution in [0.4, 0.5) is 0 Å². The molecule has 118 valence electrons. The summed E-state index contributed by atoms with van der Waals surface area (Å²) in [5.74, 6) is -0.200. The molecule has 6 heteroatoms. The van der Waals surface area contributed by atoms with Crippen molar-refractivity contribution in [3.8, 4) is 6.07 Å². The van der Waals surface area contributed by atoms with Crippen molar-refractivity contribution in [3.63, 3.8) is 0 Å². The Labute approximate surface area is 139 Å². The smallest absolute Gasteiger partial charge is 0.252 e. The average molecular weight is 327 g/mol. The Kier molecular flexibility index (Phi) is 5.89. The fourth-order valence-corrected chi connectivity index (χ4v) is 2.65. The zero-order chi connectivity index (χ0) is 16.7. The molecule has 0 bridgehead atoms. The Hall–Kier alpha value is -2.65. The second kappa shape index (κ2) is 8.11. The molecule has 0 saturated heterocycles. The molecule has 2 aromatic rings. The van der Waals surface area contributed by atoms with Crippen LogP contribution in [0.1, 0.15) is 27.9 Å². The summed E-state index contributed by atoms with van der Waals surface area (Å²) in [4.78, 5) is 25.4. The van der Waals surface area contributed by atoms with Crippen molar-refractivity contribution >= 4 is 23.2 Å². The molecule has 1 N–H and O–H groups in total. The van der Waals surface area contributed by atoms with Gasteiger partial charge in [0.15, 0.2) is 0 Å². The second-order valence-electron chi connectivity index (χ2n) is 5.08. The van der Waals surface area contributed by atoms with Crippen LogP contribution in [0.3, 0.4) is 0 Å². The van der Waals surface area contributed by atoms with Gasteiger partial charge in [-0.1, -0.05) is 12.1 Å². The van der Waals surface area contributed by atoms with Gasteiger partial charge in [0, 0.05) is 37.5 Å². The van der Waals surface area contributed by atoms with Crippen LogP contribution in [-0.2, 0) is 11.3 Å². The molecule has 2 amide bonds. The molecule has 0 atom stereocenters. The summed E-state index contributed by atoms with van der Waals surface area (Å²) in [5.41, 5.74) is 2.18. The molecule has 1 heterocycles. The molecule has 0 spiro atoms. The van der Waals surface area contributed by atoms with E-state index >= 15 is 0 Å². The van der Waals surface area contributed by atoms with Crippen LogP contribution in [0, 0.1) is 11.3 Å². The van der Waals surface area contributed by atoms with Crippen molar-refractivity contribution in [2.45, 2.75) is 13.0 Å². The van der Waals surface area contributed by atoms with Crippen LogP contribution < -0.4 is 5.32 Å². The van der Waals surface area contributed by atoms with Gasteiger partial charge < -0.3 is 10.2 Å². The largest absolute Gasteiger partial charge is 0.351 e. The van der Waals surface area contributed by atoms with Gasteiger partial charge in [-0.2, -0.15) is 16.6 Å². The van der Waals surface area contributed by atoms with E-state index in [1.807, 2.05) is 17.5 Å². The quantitative estimate of drug-likeness (QED) is 0.885. The molecule has 0 fully saturated rings. The first kappa shape index (κ1) is 16.7. The topological polar surface area (TPSA) is 73.2 Å². The minimum atomic E-state index is -0.159. The van der Waals surface area contributed by atoms with Crippen LogP contribution in [0.2, 0.25) is 0 Å². The lowest BCUT2D eigenvalue weighted by molar-refractivity contribution is -0.130. The number of nitrogens with zero attached hydrogens (tertiary/aromatic N) is 2. The van der Waals surface area contributed by atoms with E-state index in [4.69, 9.17) is 5.26 Å². The highest BCUT2D eigenvalue weighted by molar-refractivity contribution is 7.08. The minimum Gasteiger partial charge on any atom is -0.351 e. The van der Waals surface area contributed by atoms with Gasteiger partial charge in [-0.15, -0.1) is 0 Å². The fourth-order valence-electron chi connectivity index (χ4n) is 2.02. The molecule has 2 rings (SSSR count). The van der Waals surface area contributed by atoms with Gasteiger partial charge in [0.2, 0.25) is 5.91 Å². The van der Waals surface area contributed by atoms with E-state index in [0.717, 1.165) is 5.56 Å². The molecule has 0 aliphatic heterocycles. The number of hydrogen-bond acceptors (Lipinski definition) is 4. The maximum absolute atomic E-state index is 12.1. The maximum Gasteiger partial charge on any atom is 0.252 e. The second-order valence-corrected chi connectivity index (χ2v) is 5.86. The normalized spacial score (nSPS) is 9.91. The molecule has 0 radical (unpaired) electrons. The minimum absolute atomic E-state index is 0.0417. The average Bonchev–Trinajstić information content (AvgIpc) is 3.10. The van der Waals surface area contributed by atoms with E-state index < -0.39 is 0 Å². The number of carbonyl (C=O) groups excluding carboxylic acids is 2. The van der Waals surface area contributed by atoms with Crippen molar-refractivity contribution in [2.75, 3.05) is 13.6 Å². The Bertz CT molecular complexity index is 702. The fraction of sp³-hybridized carbons (Fsp3) is 0.235. The third-order valence-electron chi connectivity index (χ3n) is 3.34. The Morgan fingerprint density at radius 3 is 2.61 bits per heavy atom. The van der Waals surface area contributed by atoms with Gasteiger partial charge in [-0.05, 0) is 29.1 Å². The number of benzene rings is 1. The SMILES string of the molecule is CN(Cc1ccc(C#N)cc1)C(=O)CCNC(=O)c1ccsc1. The maximum atomic E-state index is 12.1. The lowest BCUT2D eigenvalue weighted by Crippen LogP contribution is -2.31. The van der Waals surface area contributed by atoms with E-state index in [-0.39, 0.29) is 18.2 Å². The summed E-state index contributed by atoms with van der Waals surface area (Å²) < 4.78 is 0. The molecular weight excluding hydrogens is 310 g/mol. The number of amides is 2. The van der Waals surface area contributed by atoms with E-state index in [0.29, 0.717) is 24.2 Å². The number of nitriles is 1. The summed E-state index contributed by atoms with van der Waals surface area (Å²) >= 11 is 1.46. The number of carbonyl (C=O) groups is 2. The van der Waals surface area contributed by atoms with Crippen LogP contribution >= 0.6 is 11.3 Å². The van der Waals surface area contributed by atoms with E-state index in [2.05, 4.69) is 11.4 Å². The first-order valence-electron chi connectivity index (χ1n) is 7.13. The van der Waals surface area contributed by atoms with Gasteiger partial charge >= 0.3 is 0 Å². The Morgan fingerprint density at radius 2 is 2.00 bits per heavy atom. The van der Waals surface area contributed by atoms with Gasteiger partial charge in [0.25, 0.3) is 5.91 Å². The summed E-state index contributed by atoms with van der Waals surface area (Å²) in [6, 6.07) is 10.9. The van der Waals surface area contributed by atoms with E-state index in [1.54, 1.807) is 35.5 Å². The van der Waals surface area contributed by atoms with Crippen molar-refractivity contribution < 1.29 is 9.59 Å². The summed E-state index contributed by atoms with van der Waals surface area (Å²) in [6.07, 6.45) is 0.253. The molecule has 0 unspecified atom stereocenters. The van der Waals surface area contributed by atoms with E-state index in [9.17, 15) is 9.59 Å². The third kappa shape index (κ3) is 4.94. The summed E-state index contributed by atoms with van der Waals surface area (Å²) in [5, 5.41) is 15.1. The van der Waals surface area contributed by atoms with Crippen LogP contribution in [-0.4, -0.2) is 30.3 Å². The standard InChI is InChI=1S/C17H17N3O2S/c1-20(11-14-4-2-13(10-18)3-5-14)16(21)6-8-19-17(22)15-7-9-23-12-15/h2-5,7,9,12H,6,8,11H2,1H3,(H,19,22). The molecule has 0 saturated carbocycles. The predicted molar refractivity (Wildman–Crippen MR) is 88.9 cm³/mol. The van der Waals surface area contributed by atoms with E-state index in [1.165, 1.54) is 11.3 Å². The van der Waals surface area contributed by atoms with Gasteiger partial charge in [0.1, 0.15) is 0 Å². The zero-order valence-corrected chi connectivity index (χ0v) is 13.6. The summed E-state index contributed by atoms with van der Waals surface area (Å²) in [6.45, 7) is 0.786. The van der Waals surface area contributed by atoms with Crippen LogP contribution in [0.5, 0.6) is 0 Å². The summed E-state index contributed by atoms with van der Waals surface area (Å²) in [7, 11) is 1.72. The first-order valence-corrected chi connectivity index (χ1v) is 8.08. The monoisotopic (exact) mass is 327 g/mol. The van der Waals surface area contributed by atoms with Gasteiger partial charge in [-0.25, -0.2) is 0 Å². The zero-order valence-electron chi connectivity index (χ0n) is 12.8. The molecule has 0 aliphatic rings. The number of hydrogen-bond donors (Lipinski definition) is 1. The third-order valence-corrected chi connectivity index (χ3v) is 4.02. The van der Waals surface area contributed by atoms with Crippen molar-refractivity contribution in [1.29, 1.82) is 5.26 Å². The number of thiophene rings is 1. The molecule has 1 aromatic heterocycles. The highest BCUT2D eigenvalue weighted by Crippen LogP contribution is 2.07. The Balaban J connectivity index is 1.76. The van der Waals surface area contributed by atoms with Crippen molar-refractivity contribution in [1.82, 2.24) is 10.2 Å². The molecular formula is C17H17N3O2S. The van der Waals surface area contributed by atoms with Gasteiger partial charge in [0.05, 0.1) is 11.6 Å². The molecule has 5 nitrogen and oxygen atoms in total. The first-order chi connectivity index (χ1) is 11.1. The highest BCUT2D eigenvalue weighted by Gasteiger charge is 2.11. The predicted octanol–water partition coefficient (Wildman–Crippen LogP) is 2.40. The Morgan fingerprint density at radius 1 is 1.26 bits per heavy atom. The lowest BCUT2D eigenvalue weighted by Gasteiger charge is -2.17. The van der Waals surface area contributed by atoms with Crippen molar-refractivity contribution in [2.24, 2.45) is 0 Å². The highest BCUT2D eigenvalue weighted by atomic mass is 32.1. The van der Waals surface area contributed by atoms with Crippen LogP contribution in [0.15, 0.2) is 41.1 Å².